The van der Waals surface area contributed by atoms with Crippen LogP contribution in [0.5, 0.6) is 5.75 Å². The van der Waals surface area contributed by atoms with Gasteiger partial charge in [-0.3, -0.25) is 9.59 Å². The van der Waals surface area contributed by atoms with Crippen LogP contribution >= 0.6 is 23.2 Å². The van der Waals surface area contributed by atoms with Crippen molar-refractivity contribution in [1.29, 1.82) is 0 Å². The fraction of sp³-hybridized carbons (Fsp3) is 0.0476. The van der Waals surface area contributed by atoms with Crippen molar-refractivity contribution in [2.45, 2.75) is 0 Å². The molecule has 1 amide bonds. The van der Waals surface area contributed by atoms with Crippen molar-refractivity contribution in [3.63, 3.8) is 0 Å². The van der Waals surface area contributed by atoms with Crippen molar-refractivity contribution in [3.8, 4) is 5.75 Å². The Kier molecular flexibility index (Phi) is 4.71. The maximum Gasteiger partial charge on any atom is 0.252 e. The lowest BCUT2D eigenvalue weighted by atomic mass is 10.1. The second-order valence-electron chi connectivity index (χ2n) is 6.31. The number of hydrogen-bond donors (Lipinski definition) is 2. The lowest BCUT2D eigenvalue weighted by molar-refractivity contribution is 0.0914. The molecule has 0 saturated carbocycles. The summed E-state index contributed by atoms with van der Waals surface area (Å²) in [6.07, 6.45) is 1.62. The van der Waals surface area contributed by atoms with Crippen LogP contribution < -0.4 is 10.5 Å². The minimum absolute atomic E-state index is 0.188. The first-order chi connectivity index (χ1) is 13.4. The summed E-state index contributed by atoms with van der Waals surface area (Å²) >= 11 is 12.0. The van der Waals surface area contributed by atoms with E-state index in [2.05, 4.69) is 4.98 Å². The Hall–Kier alpha value is -3.02. The van der Waals surface area contributed by atoms with E-state index < -0.39 is 5.91 Å². The molecule has 0 aliphatic heterocycles. The van der Waals surface area contributed by atoms with E-state index in [1.165, 1.54) is 0 Å². The zero-order chi connectivity index (χ0) is 19.8. The Bertz CT molecular complexity index is 1250. The number of amides is 1. The molecule has 1 heterocycles. The Balaban J connectivity index is 1.64. The molecule has 4 aromatic rings. The predicted octanol–water partition coefficient (Wildman–Crippen LogP) is 4.99. The molecule has 1 aromatic heterocycles. The average Bonchev–Trinajstić information content (AvgIpc) is 3.08. The number of halogens is 2. The lowest BCUT2D eigenvalue weighted by Crippen LogP contribution is -2.16. The van der Waals surface area contributed by atoms with Gasteiger partial charge in [0.2, 0.25) is 5.78 Å². The topological polar surface area (TPSA) is 85.2 Å². The lowest BCUT2D eigenvalue weighted by Gasteiger charge is -2.11. The van der Waals surface area contributed by atoms with Crippen molar-refractivity contribution in [2.75, 3.05) is 6.61 Å². The van der Waals surface area contributed by atoms with Gasteiger partial charge in [0.25, 0.3) is 5.91 Å². The number of carbonyl (C=O) groups is 2. The molecule has 0 unspecified atom stereocenters. The Morgan fingerprint density at radius 3 is 2.46 bits per heavy atom. The second kappa shape index (κ2) is 7.19. The molecule has 28 heavy (non-hydrogen) atoms. The number of aromatic amines is 1. The van der Waals surface area contributed by atoms with Gasteiger partial charge in [-0.2, -0.15) is 0 Å². The van der Waals surface area contributed by atoms with Crippen molar-refractivity contribution in [1.82, 2.24) is 4.98 Å². The molecule has 140 valence electrons. The number of primary amides is 1. The normalized spacial score (nSPS) is 11.1. The molecular weight excluding hydrogens is 399 g/mol. The van der Waals surface area contributed by atoms with Gasteiger partial charge in [0.1, 0.15) is 5.75 Å². The van der Waals surface area contributed by atoms with Gasteiger partial charge in [0.15, 0.2) is 6.61 Å². The van der Waals surface area contributed by atoms with Gasteiger partial charge < -0.3 is 15.5 Å². The number of carbonyl (C=O) groups excluding carboxylic acids is 2. The van der Waals surface area contributed by atoms with Gasteiger partial charge in [-0.25, -0.2) is 0 Å². The molecule has 0 aliphatic carbocycles. The van der Waals surface area contributed by atoms with Gasteiger partial charge in [-0.1, -0.05) is 35.3 Å². The fourth-order valence-corrected chi connectivity index (χ4v) is 3.46. The molecule has 0 spiro atoms. The quantitative estimate of drug-likeness (QED) is 0.452. The number of ether oxygens (including phenoxy) is 1. The summed E-state index contributed by atoms with van der Waals surface area (Å²) < 4.78 is 5.67. The number of rotatable bonds is 5. The Morgan fingerprint density at radius 1 is 0.929 bits per heavy atom. The number of fused-ring (bicyclic) bond motifs is 2. The molecule has 0 radical (unpaired) electrons. The zero-order valence-electron chi connectivity index (χ0n) is 14.5. The minimum atomic E-state index is -0.647. The van der Waals surface area contributed by atoms with Crippen LogP contribution in [0.2, 0.25) is 10.0 Å². The van der Waals surface area contributed by atoms with Gasteiger partial charge in [0, 0.05) is 32.7 Å². The Labute approximate surface area is 170 Å². The van der Waals surface area contributed by atoms with Crippen LogP contribution in [0.25, 0.3) is 21.7 Å². The van der Waals surface area contributed by atoms with Crippen LogP contribution in [-0.4, -0.2) is 23.3 Å². The molecule has 3 N–H and O–H groups in total. The highest BCUT2D eigenvalue weighted by molar-refractivity contribution is 6.31. The second-order valence-corrected chi connectivity index (χ2v) is 7.18. The number of ketones is 1. The van der Waals surface area contributed by atoms with Gasteiger partial charge in [-0.15, -0.1) is 0 Å². The molecule has 0 saturated heterocycles. The van der Waals surface area contributed by atoms with E-state index in [0.29, 0.717) is 15.6 Å². The van der Waals surface area contributed by atoms with E-state index in [1.807, 2.05) is 0 Å². The highest BCUT2D eigenvalue weighted by Gasteiger charge is 2.16. The Morgan fingerprint density at radius 2 is 1.68 bits per heavy atom. The van der Waals surface area contributed by atoms with Crippen LogP contribution in [0.15, 0.2) is 54.7 Å². The molecule has 7 heteroatoms. The third-order valence-electron chi connectivity index (χ3n) is 4.47. The predicted molar refractivity (Wildman–Crippen MR) is 111 cm³/mol. The van der Waals surface area contributed by atoms with E-state index in [-0.39, 0.29) is 23.7 Å². The number of nitrogens with two attached hydrogens (primary N) is 1. The van der Waals surface area contributed by atoms with Crippen LogP contribution in [0, 0.1) is 0 Å². The van der Waals surface area contributed by atoms with Crippen molar-refractivity contribution in [2.24, 2.45) is 5.73 Å². The summed E-state index contributed by atoms with van der Waals surface area (Å²) in [5.41, 5.74) is 6.91. The monoisotopic (exact) mass is 412 g/mol. The summed E-state index contributed by atoms with van der Waals surface area (Å²) in [4.78, 5) is 27.5. The number of H-pyrrole nitrogens is 1. The third-order valence-corrected chi connectivity index (χ3v) is 4.94. The summed E-state index contributed by atoms with van der Waals surface area (Å²) in [5, 5.41) is 3.45. The molecule has 5 nitrogen and oxygen atoms in total. The minimum Gasteiger partial charge on any atom is -0.485 e. The first kappa shape index (κ1) is 18.3. The largest absolute Gasteiger partial charge is 0.485 e. The third kappa shape index (κ3) is 3.42. The summed E-state index contributed by atoms with van der Waals surface area (Å²) in [6.45, 7) is -0.241. The van der Waals surface area contributed by atoms with E-state index in [1.54, 1.807) is 54.7 Å². The maximum absolute atomic E-state index is 12.7. The number of aromatic nitrogens is 1. The van der Waals surface area contributed by atoms with Gasteiger partial charge >= 0.3 is 0 Å². The molecule has 4 rings (SSSR count). The molecule has 0 atom stereocenters. The number of Topliss-reactive ketones (excluding diaryl/α,β-unsaturated/α-hetero) is 1. The zero-order valence-corrected chi connectivity index (χ0v) is 16.0. The average molecular weight is 413 g/mol. The van der Waals surface area contributed by atoms with E-state index in [4.69, 9.17) is 33.7 Å². The number of hydrogen-bond acceptors (Lipinski definition) is 3. The fourth-order valence-electron chi connectivity index (χ4n) is 3.11. The molecule has 0 aliphatic rings. The van der Waals surface area contributed by atoms with Crippen LogP contribution in [-0.2, 0) is 0 Å². The standard InChI is InChI=1S/C21H14Cl2N2O3/c22-13-2-1-11-7-20(16(21(24)27)6-12(11)5-13)28-10-19(26)17-9-25-18-8-14(23)3-4-15(17)18/h1-9,25H,10H2,(H2,24,27). The van der Waals surface area contributed by atoms with E-state index in [0.717, 1.165) is 21.7 Å². The van der Waals surface area contributed by atoms with Crippen molar-refractivity contribution >= 4 is 56.6 Å². The first-order valence-electron chi connectivity index (χ1n) is 8.38. The molecule has 0 fully saturated rings. The van der Waals surface area contributed by atoms with Crippen LogP contribution in [0.4, 0.5) is 0 Å². The summed E-state index contributed by atoms with van der Waals surface area (Å²) in [7, 11) is 0. The summed E-state index contributed by atoms with van der Waals surface area (Å²) in [5.74, 6) is -0.634. The molecule has 0 bridgehead atoms. The van der Waals surface area contributed by atoms with E-state index >= 15 is 0 Å². The van der Waals surface area contributed by atoms with Crippen LogP contribution in [0.3, 0.4) is 0 Å². The maximum atomic E-state index is 12.7. The highest BCUT2D eigenvalue weighted by Crippen LogP contribution is 2.29. The first-order valence-corrected chi connectivity index (χ1v) is 9.14. The van der Waals surface area contributed by atoms with Crippen LogP contribution in [0.1, 0.15) is 20.7 Å². The van der Waals surface area contributed by atoms with Gasteiger partial charge in [-0.05, 0) is 47.2 Å². The van der Waals surface area contributed by atoms with Crippen molar-refractivity contribution in [3.05, 3.63) is 75.9 Å². The van der Waals surface area contributed by atoms with Gasteiger partial charge in [0.05, 0.1) is 5.56 Å². The smallest absolute Gasteiger partial charge is 0.252 e. The highest BCUT2D eigenvalue weighted by atomic mass is 35.5. The van der Waals surface area contributed by atoms with Crippen molar-refractivity contribution < 1.29 is 14.3 Å². The summed E-state index contributed by atoms with van der Waals surface area (Å²) in [6, 6.07) is 13.8. The SMILES string of the molecule is NC(=O)c1cc2cc(Cl)ccc2cc1OCC(=O)c1c[nH]c2cc(Cl)ccc12. The number of benzene rings is 3. The molecule has 3 aromatic carbocycles. The molecular formula is C21H14Cl2N2O3. The number of nitrogens with one attached hydrogen (secondary N) is 1. The van der Waals surface area contributed by atoms with E-state index in [9.17, 15) is 9.59 Å².